The molecule has 4 heteroatoms. The summed E-state index contributed by atoms with van der Waals surface area (Å²) < 4.78 is 0. The third-order valence-corrected chi connectivity index (χ3v) is 1.77. The van der Waals surface area contributed by atoms with Crippen LogP contribution in [0.2, 0.25) is 0 Å². The van der Waals surface area contributed by atoms with Crippen LogP contribution in [-0.4, -0.2) is 11.7 Å². The summed E-state index contributed by atoms with van der Waals surface area (Å²) in [5.74, 6) is 0. The van der Waals surface area contributed by atoms with Gasteiger partial charge in [-0.2, -0.15) is 0 Å². The Labute approximate surface area is 82.1 Å². The second kappa shape index (κ2) is 5.80. The molecule has 1 aromatic rings. The molecule has 0 aliphatic rings. The summed E-state index contributed by atoms with van der Waals surface area (Å²) in [4.78, 5) is 2.63. The van der Waals surface area contributed by atoms with Gasteiger partial charge in [0.15, 0.2) is 0 Å². The molecule has 0 atom stereocenters. The second-order valence-corrected chi connectivity index (χ2v) is 2.67. The number of hydrogen-bond acceptors (Lipinski definition) is 2. The Morgan fingerprint density at radius 2 is 2.21 bits per heavy atom. The van der Waals surface area contributed by atoms with E-state index >= 15 is 0 Å². The summed E-state index contributed by atoms with van der Waals surface area (Å²) in [6.45, 7) is 0.346. The molecular weight excluding hydrogens is 178 g/mol. The zero-order valence-corrected chi connectivity index (χ0v) is 7.67. The Bertz CT molecular complexity index is 367. The zero-order valence-electron chi connectivity index (χ0n) is 7.67. The number of rotatable bonds is 4. The van der Waals surface area contributed by atoms with E-state index in [9.17, 15) is 0 Å². The molecule has 0 radical (unpaired) electrons. The van der Waals surface area contributed by atoms with Gasteiger partial charge in [0.1, 0.15) is 0 Å². The van der Waals surface area contributed by atoms with Crippen LogP contribution in [0.1, 0.15) is 11.1 Å². The van der Waals surface area contributed by atoms with Crippen LogP contribution in [0.4, 0.5) is 0 Å². The van der Waals surface area contributed by atoms with Gasteiger partial charge in [0.2, 0.25) is 0 Å². The van der Waals surface area contributed by atoms with E-state index in [1.54, 1.807) is 6.08 Å². The summed E-state index contributed by atoms with van der Waals surface area (Å²) in [5, 5.41) is 12.4. The first-order valence-electron chi connectivity index (χ1n) is 4.24. The summed E-state index contributed by atoms with van der Waals surface area (Å²) in [6.07, 6.45) is 3.59. The topological polar surface area (TPSA) is 69.0 Å². The highest BCUT2D eigenvalue weighted by molar-refractivity contribution is 5.53. The zero-order chi connectivity index (χ0) is 10.2. The Hall–Kier alpha value is -1.77. The molecule has 0 saturated carbocycles. The van der Waals surface area contributed by atoms with Gasteiger partial charge in [0.05, 0.1) is 6.61 Å². The van der Waals surface area contributed by atoms with Crippen LogP contribution >= 0.6 is 0 Å². The van der Waals surface area contributed by atoms with Crippen LogP contribution in [0.15, 0.2) is 35.5 Å². The highest BCUT2D eigenvalue weighted by Gasteiger charge is 1.94. The molecule has 0 amide bonds. The Morgan fingerprint density at radius 3 is 2.93 bits per heavy atom. The first-order valence-corrected chi connectivity index (χ1v) is 4.24. The van der Waals surface area contributed by atoms with Crippen LogP contribution in [0.25, 0.3) is 16.5 Å². The lowest BCUT2D eigenvalue weighted by atomic mass is 10.1. The predicted octanol–water partition coefficient (Wildman–Crippen LogP) is 2.50. The molecule has 1 aromatic carbocycles. The van der Waals surface area contributed by atoms with Gasteiger partial charge in [0, 0.05) is 11.5 Å². The molecule has 0 heterocycles. The van der Waals surface area contributed by atoms with Crippen LogP contribution in [-0.2, 0) is 6.61 Å². The van der Waals surface area contributed by atoms with Crippen molar-refractivity contribution in [3.63, 3.8) is 0 Å². The maximum atomic E-state index is 9.01. The van der Waals surface area contributed by atoms with Gasteiger partial charge in [-0.05, 0) is 16.7 Å². The van der Waals surface area contributed by atoms with E-state index in [0.29, 0.717) is 6.54 Å². The number of nitrogens with zero attached hydrogens (tertiary/aromatic N) is 3. The maximum absolute atomic E-state index is 9.01. The quantitative estimate of drug-likeness (QED) is 0.441. The van der Waals surface area contributed by atoms with Crippen molar-refractivity contribution in [2.45, 2.75) is 6.61 Å². The van der Waals surface area contributed by atoms with Gasteiger partial charge >= 0.3 is 0 Å². The van der Waals surface area contributed by atoms with Crippen molar-refractivity contribution < 1.29 is 5.11 Å². The average Bonchev–Trinajstić information content (AvgIpc) is 2.25. The SMILES string of the molecule is [N-]=[N+]=NCC=Cc1ccccc1CO. The van der Waals surface area contributed by atoms with Crippen molar-refractivity contribution >= 4 is 6.08 Å². The lowest BCUT2D eigenvalue weighted by Gasteiger charge is -2.00. The molecule has 1 rings (SSSR count). The van der Waals surface area contributed by atoms with Crippen molar-refractivity contribution in [1.29, 1.82) is 0 Å². The van der Waals surface area contributed by atoms with E-state index in [-0.39, 0.29) is 6.61 Å². The summed E-state index contributed by atoms with van der Waals surface area (Å²) >= 11 is 0. The molecule has 14 heavy (non-hydrogen) atoms. The molecular formula is C10H11N3O. The second-order valence-electron chi connectivity index (χ2n) is 2.67. The molecule has 0 aromatic heterocycles. The molecule has 0 aliphatic heterocycles. The molecule has 4 nitrogen and oxygen atoms in total. The molecule has 0 aliphatic carbocycles. The molecule has 72 valence electrons. The third kappa shape index (κ3) is 2.94. The first-order chi connectivity index (χ1) is 6.88. The highest BCUT2D eigenvalue weighted by Crippen LogP contribution is 2.10. The molecule has 0 fully saturated rings. The van der Waals surface area contributed by atoms with Crippen LogP contribution in [0, 0.1) is 0 Å². The van der Waals surface area contributed by atoms with Crippen molar-refractivity contribution in [3.05, 3.63) is 51.9 Å². The maximum Gasteiger partial charge on any atom is 0.0687 e. The van der Waals surface area contributed by atoms with E-state index in [1.165, 1.54) is 0 Å². The van der Waals surface area contributed by atoms with Gasteiger partial charge in [0.25, 0.3) is 0 Å². The minimum Gasteiger partial charge on any atom is -0.392 e. The fourth-order valence-corrected chi connectivity index (χ4v) is 1.10. The normalized spacial score (nSPS) is 10.1. The highest BCUT2D eigenvalue weighted by atomic mass is 16.3. The third-order valence-electron chi connectivity index (χ3n) is 1.77. The summed E-state index contributed by atoms with van der Waals surface area (Å²) in [7, 11) is 0. The number of azide groups is 1. The van der Waals surface area contributed by atoms with Crippen molar-refractivity contribution in [2.24, 2.45) is 5.11 Å². The lowest BCUT2D eigenvalue weighted by Crippen LogP contribution is -1.86. The van der Waals surface area contributed by atoms with E-state index < -0.39 is 0 Å². The van der Waals surface area contributed by atoms with E-state index in [2.05, 4.69) is 10.0 Å². The molecule has 1 N–H and O–H groups in total. The predicted molar refractivity (Wildman–Crippen MR) is 55.4 cm³/mol. The van der Waals surface area contributed by atoms with Crippen LogP contribution in [0.3, 0.4) is 0 Å². The smallest absolute Gasteiger partial charge is 0.0687 e. The Kier molecular flexibility index (Phi) is 4.27. The number of benzene rings is 1. The average molecular weight is 189 g/mol. The Balaban J connectivity index is 2.74. The van der Waals surface area contributed by atoms with Gasteiger partial charge in [-0.25, -0.2) is 0 Å². The lowest BCUT2D eigenvalue weighted by molar-refractivity contribution is 0.281. The van der Waals surface area contributed by atoms with Crippen molar-refractivity contribution in [2.75, 3.05) is 6.54 Å². The minimum absolute atomic E-state index is 0.0159. The largest absolute Gasteiger partial charge is 0.392 e. The summed E-state index contributed by atoms with van der Waals surface area (Å²) in [5.41, 5.74) is 9.86. The number of hydrogen-bond donors (Lipinski definition) is 1. The van der Waals surface area contributed by atoms with Crippen molar-refractivity contribution in [3.8, 4) is 0 Å². The molecule has 0 spiro atoms. The van der Waals surface area contributed by atoms with Gasteiger partial charge in [-0.1, -0.05) is 41.5 Å². The van der Waals surface area contributed by atoms with Crippen LogP contribution in [0.5, 0.6) is 0 Å². The molecule has 0 saturated heterocycles. The summed E-state index contributed by atoms with van der Waals surface area (Å²) in [6, 6.07) is 7.52. The van der Waals surface area contributed by atoms with Crippen molar-refractivity contribution in [1.82, 2.24) is 0 Å². The minimum atomic E-state index is 0.0159. The molecule has 0 bridgehead atoms. The fraction of sp³-hybridized carbons (Fsp3) is 0.200. The molecule has 0 unspecified atom stereocenters. The van der Waals surface area contributed by atoms with E-state index in [4.69, 9.17) is 10.6 Å². The van der Waals surface area contributed by atoms with Gasteiger partial charge < -0.3 is 5.11 Å². The number of aliphatic hydroxyl groups is 1. The van der Waals surface area contributed by atoms with E-state index in [0.717, 1.165) is 11.1 Å². The van der Waals surface area contributed by atoms with Gasteiger partial charge in [-0.3, -0.25) is 0 Å². The fourth-order valence-electron chi connectivity index (χ4n) is 1.10. The van der Waals surface area contributed by atoms with Crippen LogP contribution < -0.4 is 0 Å². The Morgan fingerprint density at radius 1 is 1.43 bits per heavy atom. The van der Waals surface area contributed by atoms with Gasteiger partial charge in [-0.15, -0.1) is 0 Å². The van der Waals surface area contributed by atoms with E-state index in [1.807, 2.05) is 30.3 Å². The number of aliphatic hydroxyl groups excluding tert-OH is 1. The monoisotopic (exact) mass is 189 g/mol. The standard InChI is InChI=1S/C10H11N3O/c11-13-12-7-3-6-9-4-1-2-5-10(9)8-14/h1-6,14H,7-8H2. The first kappa shape index (κ1) is 10.3.